The Morgan fingerprint density at radius 2 is 2.00 bits per heavy atom. The van der Waals surface area contributed by atoms with Crippen molar-refractivity contribution in [3.05, 3.63) is 63.1 Å². The van der Waals surface area contributed by atoms with E-state index in [0.29, 0.717) is 19.2 Å². The molecule has 2 aromatic rings. The number of halogens is 2. The Hall–Kier alpha value is -3.23. The molecule has 2 aliphatic heterocycles. The first-order valence-corrected chi connectivity index (χ1v) is 9.75. The van der Waals surface area contributed by atoms with Crippen LogP contribution in [0.5, 0.6) is 5.75 Å². The van der Waals surface area contributed by atoms with E-state index >= 15 is 0 Å². The van der Waals surface area contributed by atoms with Crippen molar-refractivity contribution in [3.63, 3.8) is 0 Å². The highest BCUT2D eigenvalue weighted by atomic mass is 19.1. The van der Waals surface area contributed by atoms with Gasteiger partial charge in [-0.15, -0.1) is 0 Å². The van der Waals surface area contributed by atoms with E-state index in [0.717, 1.165) is 18.9 Å². The first-order chi connectivity index (χ1) is 14.3. The van der Waals surface area contributed by atoms with Crippen LogP contribution in [0, 0.1) is 17.6 Å². The molecule has 1 saturated heterocycles. The molecular weight excluding hydrogens is 396 g/mol. The second-order valence-corrected chi connectivity index (χ2v) is 7.94. The Bertz CT molecular complexity index is 1100. The molecule has 2 N–H and O–H groups in total. The molecule has 3 heterocycles. The molecular formula is C21H21F2N3O4. The summed E-state index contributed by atoms with van der Waals surface area (Å²) < 4.78 is 28.3. The van der Waals surface area contributed by atoms with E-state index in [4.69, 9.17) is 0 Å². The second kappa shape index (κ2) is 7.55. The lowest BCUT2D eigenvalue weighted by Gasteiger charge is -2.34. The van der Waals surface area contributed by atoms with Crippen LogP contribution >= 0.6 is 0 Å². The molecule has 0 spiro atoms. The molecule has 1 fully saturated rings. The summed E-state index contributed by atoms with van der Waals surface area (Å²) in [5.74, 6) is -3.28. The summed E-state index contributed by atoms with van der Waals surface area (Å²) in [6.07, 6.45) is 2.90. The molecule has 0 saturated carbocycles. The monoisotopic (exact) mass is 417 g/mol. The highest BCUT2D eigenvalue weighted by molar-refractivity contribution is 5.99. The van der Waals surface area contributed by atoms with Gasteiger partial charge < -0.3 is 19.9 Å². The van der Waals surface area contributed by atoms with Crippen LogP contribution in [-0.2, 0) is 6.54 Å². The van der Waals surface area contributed by atoms with E-state index < -0.39 is 34.6 Å². The van der Waals surface area contributed by atoms with E-state index in [1.54, 1.807) is 4.90 Å². The molecule has 0 radical (unpaired) electrons. The fraction of sp³-hybridized carbons (Fsp3) is 0.381. The Labute approximate surface area is 170 Å². The molecule has 9 heteroatoms. The van der Waals surface area contributed by atoms with Crippen LogP contribution in [0.3, 0.4) is 0 Å². The van der Waals surface area contributed by atoms with Gasteiger partial charge in [0.1, 0.15) is 17.2 Å². The number of hydrogen-bond donors (Lipinski definition) is 2. The van der Waals surface area contributed by atoms with E-state index in [9.17, 15) is 28.3 Å². The number of aromatic nitrogens is 1. The maximum atomic E-state index is 13.8. The van der Waals surface area contributed by atoms with Gasteiger partial charge in [-0.05, 0) is 24.8 Å². The molecule has 158 valence electrons. The maximum Gasteiger partial charge on any atom is 0.274 e. The number of carbonyl (C=O) groups excluding carboxylic acids is 2. The zero-order chi connectivity index (χ0) is 21.6. The number of pyridine rings is 1. The third-order valence-electron chi connectivity index (χ3n) is 5.75. The molecule has 4 rings (SSSR count). The fourth-order valence-electron chi connectivity index (χ4n) is 4.12. The zero-order valence-electron chi connectivity index (χ0n) is 16.3. The molecule has 0 unspecified atom stereocenters. The first-order valence-electron chi connectivity index (χ1n) is 9.75. The Kier molecular flexibility index (Phi) is 5.05. The van der Waals surface area contributed by atoms with Crippen molar-refractivity contribution in [1.29, 1.82) is 0 Å². The summed E-state index contributed by atoms with van der Waals surface area (Å²) in [5, 5.41) is 12.9. The van der Waals surface area contributed by atoms with Crippen molar-refractivity contribution in [2.45, 2.75) is 32.4 Å². The second-order valence-electron chi connectivity index (χ2n) is 7.94. The number of nitrogens with one attached hydrogen (secondary N) is 1. The SMILES string of the molecule is C[C@@H]1CC[C@H]2CN(C1)C(=O)c1c(O)c(=O)c(C(=O)NCc3ccc(F)cc3F)cn12. The van der Waals surface area contributed by atoms with Crippen molar-refractivity contribution in [2.24, 2.45) is 5.92 Å². The van der Waals surface area contributed by atoms with Gasteiger partial charge in [0.05, 0.1) is 6.04 Å². The lowest BCUT2D eigenvalue weighted by atomic mass is 10.0. The summed E-state index contributed by atoms with van der Waals surface area (Å²) in [7, 11) is 0. The third kappa shape index (κ3) is 3.44. The smallest absolute Gasteiger partial charge is 0.274 e. The minimum Gasteiger partial charge on any atom is -0.503 e. The van der Waals surface area contributed by atoms with E-state index in [2.05, 4.69) is 5.32 Å². The predicted molar refractivity (Wildman–Crippen MR) is 103 cm³/mol. The number of aromatic hydroxyl groups is 1. The third-order valence-corrected chi connectivity index (χ3v) is 5.75. The number of amides is 2. The normalized spacial score (nSPS) is 20.5. The maximum absolute atomic E-state index is 13.8. The van der Waals surface area contributed by atoms with Gasteiger partial charge in [0, 0.05) is 37.5 Å². The lowest BCUT2D eigenvalue weighted by Crippen LogP contribution is -2.45. The highest BCUT2D eigenvalue weighted by Gasteiger charge is 2.37. The standard InChI is InChI=1S/C21H21F2N3O4/c1-11-2-5-14-9-25(8-11)21(30)17-19(28)18(27)15(10-26(14)17)20(29)24-7-12-3-4-13(22)6-16(12)23/h3-4,6,10-11,14,28H,2,5,7-9H2,1H3,(H,24,29)/t11-,14+/m1/s1. The van der Waals surface area contributed by atoms with Gasteiger partial charge in [-0.1, -0.05) is 13.0 Å². The number of hydrogen-bond acceptors (Lipinski definition) is 4. The van der Waals surface area contributed by atoms with Crippen molar-refractivity contribution < 1.29 is 23.5 Å². The van der Waals surface area contributed by atoms with Crippen LogP contribution < -0.4 is 10.7 Å². The number of carbonyl (C=O) groups is 2. The topological polar surface area (TPSA) is 91.6 Å². The number of benzene rings is 1. The Balaban J connectivity index is 1.66. The van der Waals surface area contributed by atoms with Crippen LogP contribution in [-0.4, -0.2) is 39.5 Å². The summed E-state index contributed by atoms with van der Waals surface area (Å²) in [6.45, 7) is 2.77. The fourth-order valence-corrected chi connectivity index (χ4v) is 4.12. The zero-order valence-corrected chi connectivity index (χ0v) is 16.3. The minimum atomic E-state index is -0.959. The van der Waals surface area contributed by atoms with Crippen molar-refractivity contribution in [3.8, 4) is 5.75 Å². The molecule has 2 amide bonds. The van der Waals surface area contributed by atoms with Crippen LogP contribution in [0.15, 0.2) is 29.2 Å². The van der Waals surface area contributed by atoms with Gasteiger partial charge >= 0.3 is 0 Å². The largest absolute Gasteiger partial charge is 0.503 e. The van der Waals surface area contributed by atoms with Gasteiger partial charge in [-0.2, -0.15) is 0 Å². The van der Waals surface area contributed by atoms with Crippen molar-refractivity contribution >= 4 is 11.8 Å². The molecule has 1 aromatic carbocycles. The molecule has 7 nitrogen and oxygen atoms in total. The number of rotatable bonds is 3. The van der Waals surface area contributed by atoms with Crippen LogP contribution in [0.1, 0.15) is 52.2 Å². The number of nitrogens with zero attached hydrogens (tertiary/aromatic N) is 2. The quantitative estimate of drug-likeness (QED) is 0.801. The van der Waals surface area contributed by atoms with E-state index in [1.165, 1.54) is 16.8 Å². The Morgan fingerprint density at radius 3 is 2.73 bits per heavy atom. The van der Waals surface area contributed by atoms with E-state index in [-0.39, 0.29) is 35.3 Å². The highest BCUT2D eigenvalue weighted by Crippen LogP contribution is 2.33. The molecule has 0 aliphatic carbocycles. The molecule has 30 heavy (non-hydrogen) atoms. The first kappa shape index (κ1) is 20.1. The molecule has 2 bridgehead atoms. The van der Waals surface area contributed by atoms with Crippen molar-refractivity contribution in [1.82, 2.24) is 14.8 Å². The van der Waals surface area contributed by atoms with Crippen LogP contribution in [0.2, 0.25) is 0 Å². The summed E-state index contributed by atoms with van der Waals surface area (Å²) >= 11 is 0. The minimum absolute atomic E-state index is 0.0515. The summed E-state index contributed by atoms with van der Waals surface area (Å²) in [4.78, 5) is 39.6. The average molecular weight is 417 g/mol. The van der Waals surface area contributed by atoms with Gasteiger partial charge in [0.15, 0.2) is 11.4 Å². The van der Waals surface area contributed by atoms with Gasteiger partial charge in [0.2, 0.25) is 5.43 Å². The number of fused-ring (bicyclic) bond motifs is 4. The Morgan fingerprint density at radius 1 is 1.23 bits per heavy atom. The molecule has 2 atom stereocenters. The van der Waals surface area contributed by atoms with Crippen LogP contribution in [0.4, 0.5) is 8.78 Å². The average Bonchev–Trinajstić information content (AvgIpc) is 2.87. The van der Waals surface area contributed by atoms with E-state index in [1.807, 2.05) is 6.92 Å². The molecule has 1 aromatic heterocycles. The summed E-state index contributed by atoms with van der Waals surface area (Å²) in [6, 6.07) is 2.80. The van der Waals surface area contributed by atoms with Crippen LogP contribution in [0.25, 0.3) is 0 Å². The predicted octanol–water partition coefficient (Wildman–Crippen LogP) is 2.19. The lowest BCUT2D eigenvalue weighted by molar-refractivity contribution is 0.0662. The van der Waals surface area contributed by atoms with Crippen molar-refractivity contribution in [2.75, 3.05) is 13.1 Å². The molecule has 2 aliphatic rings. The van der Waals surface area contributed by atoms with Gasteiger partial charge in [-0.25, -0.2) is 8.78 Å². The van der Waals surface area contributed by atoms with Gasteiger partial charge in [-0.3, -0.25) is 14.4 Å². The van der Waals surface area contributed by atoms with Gasteiger partial charge in [0.25, 0.3) is 11.8 Å². The summed E-state index contributed by atoms with van der Waals surface area (Å²) in [5.41, 5.74) is -1.35.